The van der Waals surface area contributed by atoms with E-state index in [1.54, 1.807) is 14.2 Å². The highest BCUT2D eigenvalue weighted by Crippen LogP contribution is 2.30. The second-order valence-electron chi connectivity index (χ2n) is 10.3. The SMILES string of the molecule is CCCCCn1c(C(OC)OC)c(CCC(C)C)n(Cc2ccc(-c3ccccc3-c3nn[nH]n3)cc2)c1=O. The molecule has 0 fully saturated rings. The number of hydrogen-bond donors (Lipinski definition) is 1. The van der Waals surface area contributed by atoms with E-state index < -0.39 is 6.29 Å². The summed E-state index contributed by atoms with van der Waals surface area (Å²) in [6.45, 7) is 7.71. The fourth-order valence-corrected chi connectivity index (χ4v) is 5.01. The summed E-state index contributed by atoms with van der Waals surface area (Å²) in [5, 5.41) is 14.5. The second kappa shape index (κ2) is 13.5. The van der Waals surface area contributed by atoms with E-state index in [2.05, 4.69) is 65.7 Å². The predicted octanol–water partition coefficient (Wildman–Crippen LogP) is 5.62. The summed E-state index contributed by atoms with van der Waals surface area (Å²) in [7, 11) is 3.26. The minimum Gasteiger partial charge on any atom is -0.350 e. The second-order valence-corrected chi connectivity index (χ2v) is 10.3. The average Bonchev–Trinajstić information content (AvgIpc) is 3.57. The molecule has 4 aromatic rings. The molecule has 39 heavy (non-hydrogen) atoms. The summed E-state index contributed by atoms with van der Waals surface area (Å²) < 4.78 is 15.2. The zero-order valence-electron chi connectivity index (χ0n) is 23.7. The Hall–Kier alpha value is -3.56. The van der Waals surface area contributed by atoms with Crippen LogP contribution in [0.2, 0.25) is 0 Å². The van der Waals surface area contributed by atoms with Gasteiger partial charge in [0.2, 0.25) is 5.82 Å². The maximum atomic E-state index is 13.8. The molecule has 0 radical (unpaired) electrons. The van der Waals surface area contributed by atoms with Gasteiger partial charge in [-0.25, -0.2) is 4.79 Å². The van der Waals surface area contributed by atoms with Gasteiger partial charge in [0.25, 0.3) is 0 Å². The highest BCUT2D eigenvalue weighted by Gasteiger charge is 2.26. The van der Waals surface area contributed by atoms with Crippen molar-refractivity contribution < 1.29 is 9.47 Å². The Bertz CT molecular complexity index is 1370. The molecule has 2 aromatic carbocycles. The number of nitrogens with zero attached hydrogens (tertiary/aromatic N) is 5. The van der Waals surface area contributed by atoms with Gasteiger partial charge in [-0.3, -0.25) is 9.13 Å². The molecule has 208 valence electrons. The summed E-state index contributed by atoms with van der Waals surface area (Å²) in [6.07, 6.45) is 4.25. The van der Waals surface area contributed by atoms with Gasteiger partial charge in [-0.15, -0.1) is 10.2 Å². The number of benzene rings is 2. The average molecular weight is 533 g/mol. The number of tetrazole rings is 1. The Morgan fingerprint density at radius 3 is 2.28 bits per heavy atom. The Labute approximate surface area is 230 Å². The number of methoxy groups -OCH3 is 2. The van der Waals surface area contributed by atoms with Gasteiger partial charge >= 0.3 is 5.69 Å². The number of rotatable bonds is 14. The normalized spacial score (nSPS) is 11.7. The Morgan fingerprint density at radius 1 is 0.949 bits per heavy atom. The molecule has 0 spiro atoms. The van der Waals surface area contributed by atoms with Gasteiger partial charge in [0, 0.05) is 32.0 Å². The van der Waals surface area contributed by atoms with Crippen LogP contribution >= 0.6 is 0 Å². The molecule has 0 saturated heterocycles. The van der Waals surface area contributed by atoms with Crippen molar-refractivity contribution in [2.24, 2.45) is 5.92 Å². The van der Waals surface area contributed by atoms with E-state index in [-0.39, 0.29) is 5.69 Å². The number of ether oxygens (including phenoxy) is 2. The lowest BCUT2D eigenvalue weighted by Crippen LogP contribution is -2.27. The summed E-state index contributed by atoms with van der Waals surface area (Å²) in [6, 6.07) is 16.3. The summed E-state index contributed by atoms with van der Waals surface area (Å²) in [5.41, 5.74) is 5.84. The van der Waals surface area contributed by atoms with Gasteiger partial charge in [0.1, 0.15) is 0 Å². The number of unbranched alkanes of at least 4 members (excludes halogenated alkanes) is 2. The van der Waals surface area contributed by atoms with E-state index in [1.807, 2.05) is 33.4 Å². The Kier molecular flexibility index (Phi) is 9.84. The van der Waals surface area contributed by atoms with Gasteiger partial charge in [-0.1, -0.05) is 82.1 Å². The van der Waals surface area contributed by atoms with Crippen molar-refractivity contribution in [1.82, 2.24) is 29.8 Å². The molecule has 0 bridgehead atoms. The third kappa shape index (κ3) is 6.54. The highest BCUT2D eigenvalue weighted by atomic mass is 16.7. The van der Waals surface area contributed by atoms with Gasteiger partial charge in [0.15, 0.2) is 6.29 Å². The lowest BCUT2D eigenvalue weighted by Gasteiger charge is -2.18. The summed E-state index contributed by atoms with van der Waals surface area (Å²) >= 11 is 0. The topological polar surface area (TPSA) is 99.8 Å². The van der Waals surface area contributed by atoms with Crippen LogP contribution in [0.15, 0.2) is 53.3 Å². The van der Waals surface area contributed by atoms with Crippen LogP contribution in [-0.2, 0) is 29.0 Å². The molecule has 4 rings (SSSR count). The number of aromatic nitrogens is 6. The number of aromatic amines is 1. The van der Waals surface area contributed by atoms with Crippen LogP contribution in [0.1, 0.15) is 69.7 Å². The van der Waals surface area contributed by atoms with Crippen molar-refractivity contribution in [2.75, 3.05) is 14.2 Å². The first kappa shape index (κ1) is 28.4. The fraction of sp³-hybridized carbons (Fsp3) is 0.467. The lowest BCUT2D eigenvalue weighted by atomic mass is 9.98. The minimum absolute atomic E-state index is 0.00881. The van der Waals surface area contributed by atoms with Gasteiger partial charge in [0.05, 0.1) is 12.2 Å². The summed E-state index contributed by atoms with van der Waals surface area (Å²) in [5.74, 6) is 1.06. The number of hydrogen-bond acceptors (Lipinski definition) is 6. The van der Waals surface area contributed by atoms with E-state index in [9.17, 15) is 4.79 Å². The molecule has 2 heterocycles. The Balaban J connectivity index is 1.71. The molecule has 0 aliphatic rings. The lowest BCUT2D eigenvalue weighted by molar-refractivity contribution is -0.111. The molecule has 0 saturated carbocycles. The smallest absolute Gasteiger partial charge is 0.329 e. The van der Waals surface area contributed by atoms with Crippen molar-refractivity contribution in [1.29, 1.82) is 0 Å². The molecule has 0 amide bonds. The molecule has 0 aliphatic heterocycles. The first-order valence-electron chi connectivity index (χ1n) is 13.8. The van der Waals surface area contributed by atoms with E-state index in [1.165, 1.54) is 0 Å². The molecule has 9 nitrogen and oxygen atoms in total. The van der Waals surface area contributed by atoms with Crippen molar-refractivity contribution >= 4 is 0 Å². The third-order valence-electron chi connectivity index (χ3n) is 7.09. The fourth-order valence-electron chi connectivity index (χ4n) is 5.01. The number of nitrogens with one attached hydrogen (secondary N) is 1. The van der Waals surface area contributed by atoms with Crippen LogP contribution in [0.25, 0.3) is 22.5 Å². The van der Waals surface area contributed by atoms with E-state index >= 15 is 0 Å². The first-order chi connectivity index (χ1) is 19.0. The highest BCUT2D eigenvalue weighted by molar-refractivity contribution is 5.80. The van der Waals surface area contributed by atoms with Crippen molar-refractivity contribution in [3.8, 4) is 22.5 Å². The van der Waals surface area contributed by atoms with Crippen LogP contribution < -0.4 is 5.69 Å². The number of H-pyrrole nitrogens is 1. The molecular formula is C30H40N6O3. The van der Waals surface area contributed by atoms with Gasteiger partial charge < -0.3 is 9.47 Å². The Morgan fingerprint density at radius 2 is 1.67 bits per heavy atom. The van der Waals surface area contributed by atoms with Crippen LogP contribution in [0.3, 0.4) is 0 Å². The molecule has 0 unspecified atom stereocenters. The monoisotopic (exact) mass is 532 g/mol. The maximum absolute atomic E-state index is 13.8. The third-order valence-corrected chi connectivity index (χ3v) is 7.09. The van der Waals surface area contributed by atoms with Crippen molar-refractivity contribution in [3.63, 3.8) is 0 Å². The van der Waals surface area contributed by atoms with Gasteiger partial charge in [-0.05, 0) is 47.1 Å². The standard InChI is InChI=1S/C30H40N6O3/c1-6-7-10-19-35-27(29(38-4)39-5)26(18-13-21(2)3)36(30(35)37)20-22-14-16-23(17-15-22)24-11-8-9-12-25(24)28-31-33-34-32-28/h8-9,11-12,14-17,21,29H,6-7,10,13,18-20H2,1-5H3,(H,31,32,33,34). The van der Waals surface area contributed by atoms with Crippen LogP contribution in [0, 0.1) is 5.92 Å². The van der Waals surface area contributed by atoms with E-state index in [0.29, 0.717) is 24.8 Å². The summed E-state index contributed by atoms with van der Waals surface area (Å²) in [4.78, 5) is 13.8. The van der Waals surface area contributed by atoms with Crippen molar-refractivity contribution in [3.05, 3.63) is 76.0 Å². The van der Waals surface area contributed by atoms with Crippen LogP contribution in [0.5, 0.6) is 0 Å². The first-order valence-corrected chi connectivity index (χ1v) is 13.8. The van der Waals surface area contributed by atoms with Gasteiger partial charge in [-0.2, -0.15) is 5.21 Å². The quantitative estimate of drug-likeness (QED) is 0.167. The molecule has 0 atom stereocenters. The predicted molar refractivity (Wildman–Crippen MR) is 152 cm³/mol. The molecule has 9 heteroatoms. The molecular weight excluding hydrogens is 492 g/mol. The molecule has 2 aromatic heterocycles. The number of imidazole rings is 1. The van der Waals surface area contributed by atoms with Crippen LogP contribution in [0.4, 0.5) is 0 Å². The van der Waals surface area contributed by atoms with Crippen LogP contribution in [-0.4, -0.2) is 44.0 Å². The molecule has 0 aliphatic carbocycles. The largest absolute Gasteiger partial charge is 0.350 e. The minimum atomic E-state index is -0.591. The zero-order chi connectivity index (χ0) is 27.8. The van der Waals surface area contributed by atoms with Crippen molar-refractivity contribution in [2.45, 2.75) is 72.3 Å². The zero-order valence-corrected chi connectivity index (χ0v) is 23.7. The maximum Gasteiger partial charge on any atom is 0.329 e. The molecule has 1 N–H and O–H groups in total. The van der Waals surface area contributed by atoms with E-state index in [0.717, 1.165) is 65.7 Å². The van der Waals surface area contributed by atoms with E-state index in [4.69, 9.17) is 9.47 Å².